The summed E-state index contributed by atoms with van der Waals surface area (Å²) in [6.45, 7) is 0. The molecule has 0 saturated carbocycles. The van der Waals surface area contributed by atoms with Gasteiger partial charge in [0.1, 0.15) is 10.4 Å². The average Bonchev–Trinajstić information content (AvgIpc) is 2.34. The third kappa shape index (κ3) is 0.674. The molecule has 0 aliphatic heterocycles. The van der Waals surface area contributed by atoms with Crippen molar-refractivity contribution in [3.63, 3.8) is 0 Å². The van der Waals surface area contributed by atoms with Gasteiger partial charge in [0.05, 0.1) is 17.4 Å². The minimum Gasteiger partial charge on any atom is -0.367 e. The van der Waals surface area contributed by atoms with Crippen molar-refractivity contribution in [1.29, 1.82) is 0 Å². The second-order valence-corrected chi connectivity index (χ2v) is 3.31. The van der Waals surface area contributed by atoms with E-state index in [1.54, 1.807) is 0 Å². The minimum atomic E-state index is 1.01. The molecule has 1 aromatic carbocycles. The fourth-order valence-electron chi connectivity index (χ4n) is 1.08. The number of imidazole rings is 1. The Kier molecular flexibility index (Phi) is 1.11. The Bertz CT molecular complexity index is 353. The van der Waals surface area contributed by atoms with E-state index in [1.807, 2.05) is 24.5 Å². The lowest BCUT2D eigenvalue weighted by Crippen LogP contribution is -1.85. The lowest BCUT2D eigenvalue weighted by atomic mass is 10.3. The maximum Gasteiger partial charge on any atom is 0.115 e. The van der Waals surface area contributed by atoms with Gasteiger partial charge in [-0.15, -0.1) is 0 Å². The molecule has 0 bridgehead atoms. The third-order valence-corrected chi connectivity index (χ3v) is 2.34. The zero-order valence-corrected chi connectivity index (χ0v) is 7.78. The van der Waals surface area contributed by atoms with Crippen LogP contribution < -0.4 is 0 Å². The van der Waals surface area contributed by atoms with Gasteiger partial charge in [0, 0.05) is 0 Å². The Hall–Kier alpha value is -1.09. The molecule has 50 valence electrons. The molecule has 0 aliphatic carbocycles. The summed E-state index contributed by atoms with van der Waals surface area (Å²) in [5.41, 5.74) is 2.34. The van der Waals surface area contributed by atoms with Crippen LogP contribution in [-0.4, -0.2) is 19.6 Å². The molecule has 0 spiro atoms. The van der Waals surface area contributed by atoms with Gasteiger partial charge in [0.25, 0.3) is 0 Å². The lowest BCUT2D eigenvalue weighted by molar-refractivity contribution is 1.25. The first-order chi connectivity index (χ1) is 4.88. The molecule has 3 heteroatoms. The van der Waals surface area contributed by atoms with Crippen LogP contribution in [0.4, 0.5) is 0 Å². The summed E-state index contributed by atoms with van der Waals surface area (Å²) in [6, 6.07) is 8.17. The molecule has 10 heavy (non-hydrogen) atoms. The van der Waals surface area contributed by atoms with Gasteiger partial charge in [-0.05, 0) is 12.1 Å². The molecule has 0 aliphatic rings. The summed E-state index contributed by atoms with van der Waals surface area (Å²) in [6.07, 6.45) is 1.89. The summed E-state index contributed by atoms with van der Waals surface area (Å²) in [4.78, 5) is 4.22. The van der Waals surface area contributed by atoms with Crippen molar-refractivity contribution in [2.45, 2.75) is 0 Å². The van der Waals surface area contributed by atoms with E-state index in [0.717, 1.165) is 15.9 Å². The summed E-state index contributed by atoms with van der Waals surface area (Å²) in [5.74, 6) is 0. The molecule has 0 fully saturated rings. The molecule has 0 atom stereocenters. The number of rotatable bonds is 0. The monoisotopic (exact) mass is 148 g/mol. The molecular formula is C7H8N2Si. The minimum absolute atomic E-state index is 1.01. The summed E-state index contributed by atoms with van der Waals surface area (Å²) in [7, 11) is 1.01. The van der Waals surface area contributed by atoms with Crippen LogP contribution in [-0.2, 0) is 0 Å². The number of para-hydroxylation sites is 2. The molecule has 2 aromatic rings. The molecule has 2 nitrogen and oxygen atoms in total. The van der Waals surface area contributed by atoms with E-state index in [2.05, 4.69) is 15.3 Å². The summed E-state index contributed by atoms with van der Waals surface area (Å²) in [5, 5.41) is 0. The van der Waals surface area contributed by atoms with Crippen molar-refractivity contribution in [3.8, 4) is 0 Å². The first-order valence-corrected chi connectivity index (χ1v) is 4.13. The predicted molar refractivity (Wildman–Crippen MR) is 45.1 cm³/mol. The van der Waals surface area contributed by atoms with Crippen molar-refractivity contribution < 1.29 is 0 Å². The van der Waals surface area contributed by atoms with E-state index in [9.17, 15) is 0 Å². The molecule has 0 N–H and O–H groups in total. The predicted octanol–water partition coefficient (Wildman–Crippen LogP) is 0.165. The number of nitrogens with zero attached hydrogens (tertiary/aromatic N) is 2. The van der Waals surface area contributed by atoms with Crippen molar-refractivity contribution >= 4 is 21.4 Å². The van der Waals surface area contributed by atoms with Crippen LogP contribution in [0.15, 0.2) is 30.6 Å². The van der Waals surface area contributed by atoms with E-state index in [1.165, 1.54) is 5.52 Å². The summed E-state index contributed by atoms with van der Waals surface area (Å²) >= 11 is 0. The second kappa shape index (κ2) is 1.95. The highest BCUT2D eigenvalue weighted by atomic mass is 28.2. The Morgan fingerprint density at radius 1 is 1.30 bits per heavy atom. The number of aromatic nitrogens is 2. The van der Waals surface area contributed by atoms with Crippen molar-refractivity contribution in [2.75, 3.05) is 0 Å². The Labute approximate surface area is 62.0 Å². The van der Waals surface area contributed by atoms with Crippen molar-refractivity contribution in [1.82, 2.24) is 9.22 Å². The van der Waals surface area contributed by atoms with Crippen LogP contribution in [0.25, 0.3) is 11.0 Å². The van der Waals surface area contributed by atoms with Gasteiger partial charge in [0.15, 0.2) is 0 Å². The van der Waals surface area contributed by atoms with Gasteiger partial charge in [-0.2, -0.15) is 0 Å². The van der Waals surface area contributed by atoms with E-state index >= 15 is 0 Å². The third-order valence-electron chi connectivity index (χ3n) is 1.63. The number of benzene rings is 1. The molecule has 0 unspecified atom stereocenters. The van der Waals surface area contributed by atoms with Crippen LogP contribution in [0.1, 0.15) is 0 Å². The lowest BCUT2D eigenvalue weighted by Gasteiger charge is -1.90. The van der Waals surface area contributed by atoms with Gasteiger partial charge in [0.2, 0.25) is 0 Å². The highest BCUT2D eigenvalue weighted by molar-refractivity contribution is 6.10. The van der Waals surface area contributed by atoms with Gasteiger partial charge >= 0.3 is 0 Å². The van der Waals surface area contributed by atoms with Crippen LogP contribution in [0.2, 0.25) is 0 Å². The normalized spacial score (nSPS) is 10.8. The SMILES string of the molecule is [SiH3]n1cnc2ccccc21. The van der Waals surface area contributed by atoms with Crippen LogP contribution in [0, 0.1) is 0 Å². The molecule has 0 saturated heterocycles. The van der Waals surface area contributed by atoms with Crippen LogP contribution in [0.5, 0.6) is 0 Å². The fourth-order valence-corrected chi connectivity index (χ4v) is 1.58. The van der Waals surface area contributed by atoms with Gasteiger partial charge in [-0.3, -0.25) is 0 Å². The molecule has 1 aromatic heterocycles. The number of fused-ring (bicyclic) bond motifs is 1. The van der Waals surface area contributed by atoms with Crippen LogP contribution >= 0.6 is 0 Å². The Balaban J connectivity index is 2.93. The maximum absolute atomic E-state index is 4.22. The molecule has 0 amide bonds. The fraction of sp³-hybridized carbons (Fsp3) is 0. The van der Waals surface area contributed by atoms with Gasteiger partial charge in [-0.1, -0.05) is 12.1 Å². The zero-order valence-electron chi connectivity index (χ0n) is 5.78. The largest absolute Gasteiger partial charge is 0.367 e. The highest BCUT2D eigenvalue weighted by Gasteiger charge is 1.93. The topological polar surface area (TPSA) is 17.8 Å². The second-order valence-electron chi connectivity index (χ2n) is 2.34. The Morgan fingerprint density at radius 2 is 2.10 bits per heavy atom. The maximum atomic E-state index is 4.22. The summed E-state index contributed by atoms with van der Waals surface area (Å²) < 4.78 is 2.15. The first kappa shape index (κ1) is 5.67. The smallest absolute Gasteiger partial charge is 0.115 e. The van der Waals surface area contributed by atoms with Gasteiger partial charge in [-0.25, -0.2) is 4.98 Å². The van der Waals surface area contributed by atoms with E-state index in [4.69, 9.17) is 0 Å². The highest BCUT2D eigenvalue weighted by Crippen LogP contribution is 2.08. The number of hydrogen-bond acceptors (Lipinski definition) is 1. The quantitative estimate of drug-likeness (QED) is 0.487. The molecule has 1 heterocycles. The Morgan fingerprint density at radius 3 is 2.90 bits per heavy atom. The van der Waals surface area contributed by atoms with E-state index in [-0.39, 0.29) is 0 Å². The number of hydrogen-bond donors (Lipinski definition) is 0. The zero-order chi connectivity index (χ0) is 6.97. The van der Waals surface area contributed by atoms with E-state index < -0.39 is 0 Å². The van der Waals surface area contributed by atoms with Gasteiger partial charge < -0.3 is 4.23 Å². The van der Waals surface area contributed by atoms with Crippen molar-refractivity contribution in [2.24, 2.45) is 0 Å². The van der Waals surface area contributed by atoms with E-state index in [0.29, 0.717) is 0 Å². The molecule has 2 rings (SSSR count). The average molecular weight is 148 g/mol. The first-order valence-electron chi connectivity index (χ1n) is 3.24. The molecular weight excluding hydrogens is 140 g/mol. The van der Waals surface area contributed by atoms with Crippen LogP contribution in [0.3, 0.4) is 0 Å². The van der Waals surface area contributed by atoms with Crippen molar-refractivity contribution in [3.05, 3.63) is 30.6 Å². The standard InChI is InChI=1S/C7H8N2Si/c10-9-5-8-6-3-1-2-4-7(6)9/h1-5H,10H3. The molecule has 0 radical (unpaired) electrons.